The lowest BCUT2D eigenvalue weighted by molar-refractivity contribution is -0.112. The molecule has 0 unspecified atom stereocenters. The summed E-state index contributed by atoms with van der Waals surface area (Å²) in [4.78, 5) is 16.4. The van der Waals surface area contributed by atoms with Crippen LogP contribution < -0.4 is 16.4 Å². The second kappa shape index (κ2) is 8.54. The van der Waals surface area contributed by atoms with Crippen LogP contribution in [0.15, 0.2) is 42.7 Å². The van der Waals surface area contributed by atoms with Crippen LogP contribution in [-0.2, 0) is 4.79 Å². The van der Waals surface area contributed by atoms with Gasteiger partial charge in [0.15, 0.2) is 0 Å². The van der Waals surface area contributed by atoms with Crippen molar-refractivity contribution in [1.82, 2.24) is 15.6 Å². The average molecular weight is 391 g/mol. The normalized spacial score (nSPS) is 16.1. The minimum Gasteiger partial charge on any atom is -0.381 e. The van der Waals surface area contributed by atoms with Crippen LogP contribution in [0.5, 0.6) is 0 Å². The van der Waals surface area contributed by atoms with Crippen molar-refractivity contribution in [3.63, 3.8) is 0 Å². The topological polar surface area (TPSA) is 80.0 Å². The van der Waals surface area contributed by atoms with E-state index >= 15 is 0 Å². The van der Waals surface area contributed by atoms with Crippen LogP contribution in [0.25, 0.3) is 11.3 Å². The van der Waals surface area contributed by atoms with Crippen LogP contribution in [0.2, 0.25) is 10.0 Å². The molecule has 0 atom stereocenters. The van der Waals surface area contributed by atoms with E-state index in [1.807, 2.05) is 12.1 Å². The first-order valence-corrected chi connectivity index (χ1v) is 9.19. The molecule has 2 aromatic rings. The second-order valence-corrected chi connectivity index (χ2v) is 6.96. The van der Waals surface area contributed by atoms with Crippen LogP contribution in [0.1, 0.15) is 24.0 Å². The number of halogens is 2. The molecule has 1 amide bonds. The molecule has 1 aromatic carbocycles. The van der Waals surface area contributed by atoms with E-state index in [-0.39, 0.29) is 6.04 Å². The van der Waals surface area contributed by atoms with Crippen molar-refractivity contribution in [3.05, 3.63) is 63.9 Å². The summed E-state index contributed by atoms with van der Waals surface area (Å²) >= 11 is 12.2. The molecule has 4 N–H and O–H groups in total. The molecule has 7 heteroatoms. The third kappa shape index (κ3) is 4.36. The van der Waals surface area contributed by atoms with Crippen LogP contribution in [0, 0.1) is 0 Å². The number of piperidine rings is 1. The van der Waals surface area contributed by atoms with Gasteiger partial charge >= 0.3 is 0 Å². The van der Waals surface area contributed by atoms with Gasteiger partial charge in [0, 0.05) is 24.0 Å². The Hall–Kier alpha value is -2.08. The highest BCUT2D eigenvalue weighted by atomic mass is 35.5. The van der Waals surface area contributed by atoms with E-state index in [9.17, 15) is 4.79 Å². The summed E-state index contributed by atoms with van der Waals surface area (Å²) < 4.78 is 0. The number of benzene rings is 1. The lowest BCUT2D eigenvalue weighted by Crippen LogP contribution is -2.39. The summed E-state index contributed by atoms with van der Waals surface area (Å²) in [5.74, 6) is -0.531. The smallest absolute Gasteiger partial charge is 0.251 e. The zero-order valence-electron chi connectivity index (χ0n) is 14.1. The molecule has 26 heavy (non-hydrogen) atoms. The molecule has 1 fully saturated rings. The van der Waals surface area contributed by atoms with Gasteiger partial charge in [0.2, 0.25) is 0 Å². The number of hydrogen-bond donors (Lipinski definition) is 3. The Morgan fingerprint density at radius 2 is 1.77 bits per heavy atom. The van der Waals surface area contributed by atoms with Gasteiger partial charge in [-0.2, -0.15) is 0 Å². The highest BCUT2D eigenvalue weighted by molar-refractivity contribution is 6.42. The number of amides is 1. The number of rotatable bonds is 5. The number of nitrogens with two attached hydrogens (primary N) is 1. The fourth-order valence-corrected chi connectivity index (χ4v) is 3.35. The second-order valence-electron chi connectivity index (χ2n) is 6.15. The molecule has 2 heterocycles. The highest BCUT2D eigenvalue weighted by Gasteiger charge is 2.21. The Kier molecular flexibility index (Phi) is 6.14. The molecule has 1 aromatic heterocycles. The largest absolute Gasteiger partial charge is 0.381 e. The number of carbonyl (C=O) groups excluding carboxylic acids is 1. The molecule has 5 nitrogen and oxygen atoms in total. The van der Waals surface area contributed by atoms with Crippen LogP contribution in [0.4, 0.5) is 0 Å². The van der Waals surface area contributed by atoms with Gasteiger partial charge < -0.3 is 16.4 Å². The average Bonchev–Trinajstić information content (AvgIpc) is 2.65. The Balaban J connectivity index is 2.12. The summed E-state index contributed by atoms with van der Waals surface area (Å²) in [6.45, 7) is 1.86. The fourth-order valence-electron chi connectivity index (χ4n) is 3.05. The van der Waals surface area contributed by atoms with E-state index in [1.165, 1.54) is 0 Å². The fraction of sp³-hybridized carbons (Fsp3) is 0.263. The number of nitrogens with zero attached hydrogens (tertiary/aromatic N) is 1. The number of aromatic nitrogens is 1. The summed E-state index contributed by atoms with van der Waals surface area (Å²) in [6.07, 6.45) is 5.30. The molecular formula is C19H20Cl2N4O. The van der Waals surface area contributed by atoms with Gasteiger partial charge in [0.05, 0.1) is 21.3 Å². The zero-order valence-corrected chi connectivity index (χ0v) is 15.6. The Morgan fingerprint density at radius 1 is 1.08 bits per heavy atom. The van der Waals surface area contributed by atoms with Crippen LogP contribution in [-0.4, -0.2) is 30.0 Å². The quantitative estimate of drug-likeness (QED) is 0.685. The molecule has 1 aliphatic heterocycles. The van der Waals surface area contributed by atoms with Crippen molar-refractivity contribution < 1.29 is 4.79 Å². The third-order valence-corrected chi connectivity index (χ3v) is 5.10. The van der Waals surface area contributed by atoms with E-state index in [1.54, 1.807) is 30.6 Å². The third-order valence-electron chi connectivity index (χ3n) is 4.36. The first-order chi connectivity index (χ1) is 12.6. The standard InChI is InChI=1S/C19H20Cl2N4O/c20-15-2-1-13(11-16(15)21)17(19(22)26)18(12-3-7-23-8-4-12)25-14-5-9-24-10-6-14/h1-4,7-8,11,14,24-25H,5-6,9-10H2,(H2,22,26). The molecule has 1 aliphatic rings. The van der Waals surface area contributed by atoms with E-state index in [4.69, 9.17) is 28.9 Å². The summed E-state index contributed by atoms with van der Waals surface area (Å²) in [7, 11) is 0. The zero-order chi connectivity index (χ0) is 18.5. The first-order valence-electron chi connectivity index (χ1n) is 8.43. The monoisotopic (exact) mass is 390 g/mol. The molecule has 3 rings (SSSR count). The van der Waals surface area contributed by atoms with E-state index in [0.29, 0.717) is 26.9 Å². The molecule has 0 radical (unpaired) electrons. The van der Waals surface area contributed by atoms with Crippen molar-refractivity contribution in [1.29, 1.82) is 0 Å². The lowest BCUT2D eigenvalue weighted by Gasteiger charge is -2.27. The Morgan fingerprint density at radius 3 is 2.38 bits per heavy atom. The number of hydrogen-bond acceptors (Lipinski definition) is 4. The van der Waals surface area contributed by atoms with Gasteiger partial charge in [-0.05, 0) is 55.8 Å². The van der Waals surface area contributed by atoms with Crippen molar-refractivity contribution in [2.75, 3.05) is 13.1 Å². The number of carbonyl (C=O) groups is 1. The number of nitrogens with one attached hydrogen (secondary N) is 2. The molecule has 136 valence electrons. The summed E-state index contributed by atoms with van der Waals surface area (Å²) in [6, 6.07) is 9.02. The van der Waals surface area contributed by atoms with Crippen molar-refractivity contribution >= 4 is 40.4 Å². The maximum Gasteiger partial charge on any atom is 0.251 e. The van der Waals surface area contributed by atoms with E-state index < -0.39 is 5.91 Å². The maximum atomic E-state index is 12.4. The number of primary amides is 1. The van der Waals surface area contributed by atoms with Crippen LogP contribution >= 0.6 is 23.2 Å². The van der Waals surface area contributed by atoms with Crippen molar-refractivity contribution in [3.8, 4) is 0 Å². The molecule has 0 spiro atoms. The molecule has 0 saturated carbocycles. The predicted molar refractivity (Wildman–Crippen MR) is 106 cm³/mol. The van der Waals surface area contributed by atoms with Gasteiger partial charge in [-0.25, -0.2) is 0 Å². The van der Waals surface area contributed by atoms with Gasteiger partial charge in [-0.15, -0.1) is 0 Å². The SMILES string of the molecule is NC(=O)C(=C(NC1CCNCC1)c1ccncc1)c1ccc(Cl)c(Cl)c1. The Labute approximate surface area is 162 Å². The Bertz CT molecular complexity index is 818. The van der Waals surface area contributed by atoms with Gasteiger partial charge in [0.25, 0.3) is 5.91 Å². The maximum absolute atomic E-state index is 12.4. The molecule has 1 saturated heterocycles. The van der Waals surface area contributed by atoms with Crippen molar-refractivity contribution in [2.24, 2.45) is 5.73 Å². The number of pyridine rings is 1. The predicted octanol–water partition coefficient (Wildman–Crippen LogP) is 3.08. The van der Waals surface area contributed by atoms with Crippen LogP contribution in [0.3, 0.4) is 0 Å². The van der Waals surface area contributed by atoms with Gasteiger partial charge in [-0.3, -0.25) is 9.78 Å². The first kappa shape index (κ1) is 18.7. The van der Waals surface area contributed by atoms with Gasteiger partial charge in [-0.1, -0.05) is 29.3 Å². The summed E-state index contributed by atoms with van der Waals surface area (Å²) in [5.41, 5.74) is 8.30. The van der Waals surface area contributed by atoms with E-state index in [0.717, 1.165) is 31.5 Å². The molecular weight excluding hydrogens is 371 g/mol. The minimum atomic E-state index is -0.531. The lowest BCUT2D eigenvalue weighted by atomic mass is 9.97. The highest BCUT2D eigenvalue weighted by Crippen LogP contribution is 2.30. The minimum absolute atomic E-state index is 0.247. The molecule has 0 bridgehead atoms. The van der Waals surface area contributed by atoms with Gasteiger partial charge in [0.1, 0.15) is 0 Å². The van der Waals surface area contributed by atoms with Crippen molar-refractivity contribution in [2.45, 2.75) is 18.9 Å². The van der Waals surface area contributed by atoms with E-state index in [2.05, 4.69) is 15.6 Å². The summed E-state index contributed by atoms with van der Waals surface area (Å²) in [5, 5.41) is 7.66. The molecule has 0 aliphatic carbocycles.